The van der Waals surface area contributed by atoms with Gasteiger partial charge in [-0.05, 0) is 90.3 Å². The first-order valence-corrected chi connectivity index (χ1v) is 8.25. The van der Waals surface area contributed by atoms with Gasteiger partial charge in [0, 0.05) is 13.1 Å². The van der Waals surface area contributed by atoms with E-state index in [-0.39, 0.29) is 0 Å². The lowest BCUT2D eigenvalue weighted by atomic mass is 9.72. The summed E-state index contributed by atoms with van der Waals surface area (Å²) in [6, 6.07) is 0. The SMILES string of the molecule is CN1CCC(CCN2CC3(CCN(C)CC3)C2)CC1. The minimum atomic E-state index is 0.722. The van der Waals surface area contributed by atoms with E-state index in [1.807, 2.05) is 0 Å². The normalized spacial score (nSPS) is 30.6. The third-order valence-electron chi connectivity index (χ3n) is 5.86. The molecule has 3 aliphatic heterocycles. The number of nitrogens with zero attached hydrogens (tertiary/aromatic N) is 3. The second-order valence-electron chi connectivity index (χ2n) is 7.55. The van der Waals surface area contributed by atoms with Gasteiger partial charge >= 0.3 is 0 Å². The molecule has 3 nitrogen and oxygen atoms in total. The fourth-order valence-corrected chi connectivity index (χ4v) is 4.19. The van der Waals surface area contributed by atoms with Crippen LogP contribution in [-0.2, 0) is 0 Å². The monoisotopic (exact) mass is 265 g/mol. The van der Waals surface area contributed by atoms with Gasteiger partial charge in [0.15, 0.2) is 0 Å². The number of hydrogen-bond acceptors (Lipinski definition) is 3. The molecule has 19 heavy (non-hydrogen) atoms. The lowest BCUT2D eigenvalue weighted by Crippen LogP contribution is -2.60. The lowest BCUT2D eigenvalue weighted by molar-refractivity contribution is -0.0452. The van der Waals surface area contributed by atoms with Crippen molar-refractivity contribution in [2.45, 2.75) is 32.1 Å². The molecule has 3 heteroatoms. The van der Waals surface area contributed by atoms with Crippen molar-refractivity contribution in [2.75, 3.05) is 59.9 Å². The van der Waals surface area contributed by atoms with Crippen molar-refractivity contribution in [3.8, 4) is 0 Å². The standard InChI is InChI=1S/C16H31N3/c1-17-8-3-15(4-9-17)5-10-19-13-16(14-19)6-11-18(2)12-7-16/h15H,3-14H2,1-2H3. The van der Waals surface area contributed by atoms with Gasteiger partial charge in [-0.2, -0.15) is 0 Å². The van der Waals surface area contributed by atoms with Gasteiger partial charge in [-0.25, -0.2) is 0 Å². The van der Waals surface area contributed by atoms with E-state index in [4.69, 9.17) is 0 Å². The third kappa shape index (κ3) is 3.32. The van der Waals surface area contributed by atoms with Gasteiger partial charge < -0.3 is 14.7 Å². The van der Waals surface area contributed by atoms with E-state index < -0.39 is 0 Å². The molecule has 3 aliphatic rings. The van der Waals surface area contributed by atoms with E-state index in [0.717, 1.165) is 11.3 Å². The molecule has 1 spiro atoms. The summed E-state index contributed by atoms with van der Waals surface area (Å²) in [5.41, 5.74) is 0.722. The smallest absolute Gasteiger partial charge is 0.00514 e. The van der Waals surface area contributed by atoms with Crippen molar-refractivity contribution < 1.29 is 0 Å². The second kappa shape index (κ2) is 5.71. The van der Waals surface area contributed by atoms with Crippen LogP contribution in [0.3, 0.4) is 0 Å². The first kappa shape index (κ1) is 13.8. The van der Waals surface area contributed by atoms with Crippen LogP contribution in [0.5, 0.6) is 0 Å². The van der Waals surface area contributed by atoms with Crippen LogP contribution in [0.2, 0.25) is 0 Å². The van der Waals surface area contributed by atoms with Crippen molar-refractivity contribution >= 4 is 0 Å². The van der Waals surface area contributed by atoms with Crippen molar-refractivity contribution in [1.82, 2.24) is 14.7 Å². The predicted octanol–water partition coefficient (Wildman–Crippen LogP) is 1.75. The third-order valence-corrected chi connectivity index (χ3v) is 5.86. The fourth-order valence-electron chi connectivity index (χ4n) is 4.19. The van der Waals surface area contributed by atoms with Crippen molar-refractivity contribution in [3.05, 3.63) is 0 Å². The van der Waals surface area contributed by atoms with Crippen LogP contribution in [0.15, 0.2) is 0 Å². The maximum atomic E-state index is 2.73. The maximum Gasteiger partial charge on any atom is 0.00514 e. The first-order valence-electron chi connectivity index (χ1n) is 8.25. The highest BCUT2D eigenvalue weighted by atomic mass is 15.2. The van der Waals surface area contributed by atoms with E-state index in [2.05, 4.69) is 28.8 Å². The zero-order valence-electron chi connectivity index (χ0n) is 12.9. The molecule has 3 fully saturated rings. The van der Waals surface area contributed by atoms with Crippen LogP contribution in [0, 0.1) is 11.3 Å². The maximum absolute atomic E-state index is 2.73. The largest absolute Gasteiger partial charge is 0.306 e. The number of likely N-dealkylation sites (tertiary alicyclic amines) is 3. The van der Waals surface area contributed by atoms with Gasteiger partial charge in [0.1, 0.15) is 0 Å². The van der Waals surface area contributed by atoms with E-state index in [1.54, 1.807) is 0 Å². The summed E-state index contributed by atoms with van der Waals surface area (Å²) >= 11 is 0. The highest BCUT2D eigenvalue weighted by molar-refractivity contribution is 4.97. The van der Waals surface area contributed by atoms with E-state index in [1.165, 1.54) is 77.9 Å². The van der Waals surface area contributed by atoms with Crippen LogP contribution in [0.4, 0.5) is 0 Å². The Bertz CT molecular complexity index is 280. The summed E-state index contributed by atoms with van der Waals surface area (Å²) in [4.78, 5) is 7.70. The number of hydrogen-bond donors (Lipinski definition) is 0. The van der Waals surface area contributed by atoms with E-state index in [0.29, 0.717) is 0 Å². The van der Waals surface area contributed by atoms with Crippen LogP contribution < -0.4 is 0 Å². The summed E-state index contributed by atoms with van der Waals surface area (Å²) in [6.45, 7) is 9.44. The van der Waals surface area contributed by atoms with E-state index >= 15 is 0 Å². The Kier molecular flexibility index (Phi) is 4.16. The van der Waals surface area contributed by atoms with Crippen molar-refractivity contribution in [2.24, 2.45) is 11.3 Å². The zero-order valence-corrected chi connectivity index (χ0v) is 12.9. The molecular weight excluding hydrogens is 234 g/mol. The molecule has 3 saturated heterocycles. The van der Waals surface area contributed by atoms with Gasteiger partial charge in [-0.1, -0.05) is 0 Å². The molecule has 0 unspecified atom stereocenters. The van der Waals surface area contributed by atoms with Gasteiger partial charge in [-0.15, -0.1) is 0 Å². The molecule has 0 N–H and O–H groups in total. The van der Waals surface area contributed by atoms with Gasteiger partial charge in [0.05, 0.1) is 0 Å². The highest BCUT2D eigenvalue weighted by Crippen LogP contribution is 2.40. The second-order valence-corrected chi connectivity index (χ2v) is 7.55. The average molecular weight is 265 g/mol. The molecule has 0 saturated carbocycles. The zero-order chi connectivity index (χ0) is 13.3. The van der Waals surface area contributed by atoms with Gasteiger partial charge in [-0.3, -0.25) is 0 Å². The summed E-state index contributed by atoms with van der Waals surface area (Å²) in [6.07, 6.45) is 7.19. The van der Waals surface area contributed by atoms with Crippen LogP contribution in [-0.4, -0.2) is 74.6 Å². The molecule has 3 rings (SSSR count). The number of piperidine rings is 2. The summed E-state index contributed by atoms with van der Waals surface area (Å²) in [7, 11) is 4.53. The highest BCUT2D eigenvalue weighted by Gasteiger charge is 2.43. The first-order chi connectivity index (χ1) is 9.15. The van der Waals surface area contributed by atoms with Crippen LogP contribution >= 0.6 is 0 Å². The van der Waals surface area contributed by atoms with E-state index in [9.17, 15) is 0 Å². The van der Waals surface area contributed by atoms with Crippen LogP contribution in [0.1, 0.15) is 32.1 Å². The fraction of sp³-hybridized carbons (Fsp3) is 1.00. The van der Waals surface area contributed by atoms with Crippen molar-refractivity contribution in [1.29, 1.82) is 0 Å². The Morgan fingerprint density at radius 3 is 2.11 bits per heavy atom. The number of rotatable bonds is 3. The molecular formula is C16H31N3. The molecule has 0 aliphatic carbocycles. The summed E-state index contributed by atoms with van der Waals surface area (Å²) < 4.78 is 0. The minimum absolute atomic E-state index is 0.722. The molecule has 0 radical (unpaired) electrons. The van der Waals surface area contributed by atoms with Crippen molar-refractivity contribution in [3.63, 3.8) is 0 Å². The predicted molar refractivity (Wildman–Crippen MR) is 80.4 cm³/mol. The molecule has 110 valence electrons. The van der Waals surface area contributed by atoms with Crippen LogP contribution in [0.25, 0.3) is 0 Å². The van der Waals surface area contributed by atoms with Gasteiger partial charge in [0.2, 0.25) is 0 Å². The molecule has 0 atom stereocenters. The Morgan fingerprint density at radius 1 is 0.895 bits per heavy atom. The van der Waals surface area contributed by atoms with Gasteiger partial charge in [0.25, 0.3) is 0 Å². The lowest BCUT2D eigenvalue weighted by Gasteiger charge is -2.54. The Hall–Kier alpha value is -0.120. The molecule has 0 aromatic carbocycles. The molecule has 3 heterocycles. The molecule has 0 aromatic rings. The topological polar surface area (TPSA) is 9.72 Å². The minimum Gasteiger partial charge on any atom is -0.306 e. The molecule has 0 aromatic heterocycles. The average Bonchev–Trinajstić information content (AvgIpc) is 2.38. The Morgan fingerprint density at radius 2 is 1.47 bits per heavy atom. The summed E-state index contributed by atoms with van der Waals surface area (Å²) in [5, 5.41) is 0. The quantitative estimate of drug-likeness (QED) is 0.770. The molecule has 0 bridgehead atoms. The molecule has 0 amide bonds. The Labute approximate surface area is 118 Å². The Balaban J connectivity index is 1.33. The summed E-state index contributed by atoms with van der Waals surface area (Å²) in [5.74, 6) is 1.00.